The largest absolute Gasteiger partial charge is 0.510 e. The molecule has 0 spiro atoms. The van der Waals surface area contributed by atoms with Crippen LogP contribution >= 0.6 is 0 Å². The first-order valence-corrected chi connectivity index (χ1v) is 9.63. The Hall–Kier alpha value is -3.31. The van der Waals surface area contributed by atoms with Crippen molar-refractivity contribution in [3.05, 3.63) is 35.4 Å². The molecule has 31 heavy (non-hydrogen) atoms. The fourth-order valence-electron chi connectivity index (χ4n) is 3.31. The van der Waals surface area contributed by atoms with Gasteiger partial charge in [0.1, 0.15) is 12.8 Å². The summed E-state index contributed by atoms with van der Waals surface area (Å²) in [6.45, 7) is -0.220. The van der Waals surface area contributed by atoms with Crippen molar-refractivity contribution >= 4 is 29.8 Å². The maximum absolute atomic E-state index is 12.8. The first-order chi connectivity index (χ1) is 15.0. The van der Waals surface area contributed by atoms with Gasteiger partial charge in [-0.15, -0.1) is 0 Å². The zero-order chi connectivity index (χ0) is 22.4. The number of benzene rings is 1. The van der Waals surface area contributed by atoms with Crippen LogP contribution in [0.3, 0.4) is 0 Å². The molecule has 0 bridgehead atoms. The number of piperidine rings is 1. The lowest BCUT2D eigenvalue weighted by Gasteiger charge is -2.33. The average Bonchev–Trinajstić information content (AvgIpc) is 3.01. The Kier molecular flexibility index (Phi) is 7.32. The number of carbonyl (C=O) groups excluding carboxylic acids is 5. The van der Waals surface area contributed by atoms with E-state index in [-0.39, 0.29) is 37.4 Å². The van der Waals surface area contributed by atoms with Gasteiger partial charge in [-0.05, 0) is 18.6 Å². The van der Waals surface area contributed by atoms with Crippen molar-refractivity contribution in [1.29, 1.82) is 0 Å². The van der Waals surface area contributed by atoms with Gasteiger partial charge in [0.25, 0.3) is 17.7 Å². The minimum atomic E-state index is -1.15. The minimum Gasteiger partial charge on any atom is -0.434 e. The molecule has 11 heteroatoms. The molecule has 1 saturated heterocycles. The molecule has 0 aromatic heterocycles. The molecule has 0 N–H and O–H groups in total. The van der Waals surface area contributed by atoms with Crippen molar-refractivity contribution in [2.75, 3.05) is 33.8 Å². The van der Waals surface area contributed by atoms with Crippen LogP contribution in [-0.4, -0.2) is 79.5 Å². The molecule has 2 aliphatic heterocycles. The quantitative estimate of drug-likeness (QED) is 0.241. The van der Waals surface area contributed by atoms with E-state index < -0.39 is 42.6 Å². The average molecular weight is 434 g/mol. The van der Waals surface area contributed by atoms with Gasteiger partial charge >= 0.3 is 6.16 Å². The number of carbonyl (C=O) groups is 5. The van der Waals surface area contributed by atoms with Crippen LogP contribution in [0, 0.1) is 0 Å². The number of fused-ring (bicyclic) bond motifs is 1. The first-order valence-electron chi connectivity index (χ1n) is 9.63. The van der Waals surface area contributed by atoms with Crippen molar-refractivity contribution in [3.8, 4) is 0 Å². The highest BCUT2D eigenvalue weighted by Gasteiger charge is 2.47. The lowest BCUT2D eigenvalue weighted by atomic mass is 10.0. The van der Waals surface area contributed by atoms with Gasteiger partial charge in [-0.2, -0.15) is 0 Å². The van der Waals surface area contributed by atoms with Crippen LogP contribution < -0.4 is 0 Å². The first kappa shape index (κ1) is 22.4. The van der Waals surface area contributed by atoms with E-state index in [0.29, 0.717) is 17.9 Å². The van der Waals surface area contributed by atoms with Crippen LogP contribution in [0.4, 0.5) is 4.79 Å². The van der Waals surface area contributed by atoms with Crippen LogP contribution in [-0.2, 0) is 28.5 Å². The third-order valence-corrected chi connectivity index (χ3v) is 4.79. The predicted octanol–water partition coefficient (Wildman–Crippen LogP) is 0.921. The molecule has 1 aromatic carbocycles. The number of hydrogen-bond donors (Lipinski definition) is 0. The molecule has 2 aliphatic rings. The number of likely N-dealkylation sites (tertiary alicyclic amines) is 1. The third kappa shape index (κ3) is 4.89. The Morgan fingerprint density at radius 3 is 2.35 bits per heavy atom. The van der Waals surface area contributed by atoms with Crippen molar-refractivity contribution in [2.45, 2.75) is 25.3 Å². The molecule has 166 valence electrons. The van der Waals surface area contributed by atoms with Crippen LogP contribution in [0.5, 0.6) is 0 Å². The Bertz CT molecular complexity index is 850. The molecule has 1 fully saturated rings. The highest BCUT2D eigenvalue weighted by atomic mass is 16.7. The van der Waals surface area contributed by atoms with Crippen molar-refractivity contribution in [3.63, 3.8) is 0 Å². The zero-order valence-electron chi connectivity index (χ0n) is 16.9. The topological polar surface area (TPSA) is 129 Å². The summed E-state index contributed by atoms with van der Waals surface area (Å²) in [6, 6.07) is 5.10. The number of rotatable bonds is 9. The number of methoxy groups -OCH3 is 1. The van der Waals surface area contributed by atoms with E-state index >= 15 is 0 Å². The summed E-state index contributed by atoms with van der Waals surface area (Å²) in [5.74, 6) is -2.54. The fraction of sp³-hybridized carbons (Fsp3) is 0.450. The fourth-order valence-corrected chi connectivity index (χ4v) is 3.31. The van der Waals surface area contributed by atoms with E-state index in [1.54, 1.807) is 12.1 Å². The summed E-state index contributed by atoms with van der Waals surface area (Å²) in [7, 11) is 1.48. The van der Waals surface area contributed by atoms with Crippen molar-refractivity contribution < 1.29 is 42.9 Å². The van der Waals surface area contributed by atoms with E-state index in [9.17, 15) is 24.0 Å². The summed E-state index contributed by atoms with van der Waals surface area (Å²) in [6.07, 6.45) is -0.734. The zero-order valence-corrected chi connectivity index (χ0v) is 16.9. The standard InChI is InChI=1S/C20H22N2O9/c1-28-12-29-9-4-10-30-20(27)31-11-21-16(23)8-7-15(19(21)26)22-17(24)13-5-2-3-6-14(13)18(22)25/h2-3,5-6,15H,4,7-12H2,1H3. The minimum absolute atomic E-state index is 0.00551. The van der Waals surface area contributed by atoms with Gasteiger partial charge in [0.15, 0.2) is 6.73 Å². The van der Waals surface area contributed by atoms with Gasteiger partial charge < -0.3 is 18.9 Å². The normalized spacial score (nSPS) is 18.4. The molecular weight excluding hydrogens is 412 g/mol. The molecule has 2 heterocycles. The molecule has 1 aromatic rings. The van der Waals surface area contributed by atoms with Crippen LogP contribution in [0.2, 0.25) is 0 Å². The smallest absolute Gasteiger partial charge is 0.434 e. The molecule has 1 unspecified atom stereocenters. The second-order valence-corrected chi connectivity index (χ2v) is 6.78. The van der Waals surface area contributed by atoms with Crippen LogP contribution in [0.15, 0.2) is 24.3 Å². The van der Waals surface area contributed by atoms with Gasteiger partial charge in [-0.25, -0.2) is 9.69 Å². The van der Waals surface area contributed by atoms with Gasteiger partial charge in [0.2, 0.25) is 5.91 Å². The van der Waals surface area contributed by atoms with E-state index in [1.807, 2.05) is 0 Å². The van der Waals surface area contributed by atoms with Crippen LogP contribution in [0.1, 0.15) is 40.0 Å². The molecule has 0 radical (unpaired) electrons. The summed E-state index contributed by atoms with van der Waals surface area (Å²) >= 11 is 0. The van der Waals surface area contributed by atoms with Gasteiger partial charge in [-0.1, -0.05) is 12.1 Å². The SMILES string of the molecule is COCOCCCOC(=O)OCN1C(=O)CCC(N2C(=O)c3ccccc3C2=O)C1=O. The Balaban J connectivity index is 1.55. The predicted molar refractivity (Wildman–Crippen MR) is 102 cm³/mol. The number of hydrogen-bond acceptors (Lipinski definition) is 9. The molecule has 0 aliphatic carbocycles. The molecule has 11 nitrogen and oxygen atoms in total. The number of amides is 4. The number of imide groups is 2. The van der Waals surface area contributed by atoms with Crippen molar-refractivity contribution in [1.82, 2.24) is 9.80 Å². The van der Waals surface area contributed by atoms with E-state index in [2.05, 4.69) is 0 Å². The Morgan fingerprint density at radius 2 is 1.71 bits per heavy atom. The summed E-state index contributed by atoms with van der Waals surface area (Å²) in [5, 5.41) is 0. The Morgan fingerprint density at radius 1 is 1.03 bits per heavy atom. The summed E-state index contributed by atoms with van der Waals surface area (Å²) in [4.78, 5) is 63.6. The summed E-state index contributed by atoms with van der Waals surface area (Å²) in [5.41, 5.74) is 0.413. The number of nitrogens with zero attached hydrogens (tertiary/aromatic N) is 2. The van der Waals surface area contributed by atoms with Crippen molar-refractivity contribution in [2.24, 2.45) is 0 Å². The van der Waals surface area contributed by atoms with Crippen LogP contribution in [0.25, 0.3) is 0 Å². The Labute approximate surface area is 177 Å². The van der Waals surface area contributed by atoms with E-state index in [0.717, 1.165) is 4.90 Å². The second-order valence-electron chi connectivity index (χ2n) is 6.78. The molecular formula is C20H22N2O9. The maximum atomic E-state index is 12.8. The molecule has 1 atom stereocenters. The van der Waals surface area contributed by atoms with E-state index in [1.165, 1.54) is 19.2 Å². The van der Waals surface area contributed by atoms with Gasteiger partial charge in [-0.3, -0.25) is 24.1 Å². The van der Waals surface area contributed by atoms with E-state index in [4.69, 9.17) is 18.9 Å². The highest BCUT2D eigenvalue weighted by Crippen LogP contribution is 2.28. The lowest BCUT2D eigenvalue weighted by molar-refractivity contribution is -0.156. The number of ether oxygens (including phenoxy) is 4. The molecule has 4 amide bonds. The second kappa shape index (κ2) is 10.1. The highest BCUT2D eigenvalue weighted by molar-refractivity contribution is 6.23. The molecule has 0 saturated carbocycles. The van der Waals surface area contributed by atoms with Gasteiger partial charge in [0.05, 0.1) is 24.3 Å². The summed E-state index contributed by atoms with van der Waals surface area (Å²) < 4.78 is 19.4. The van der Waals surface area contributed by atoms with Gasteiger partial charge in [0, 0.05) is 20.0 Å². The third-order valence-electron chi connectivity index (χ3n) is 4.79. The lowest BCUT2D eigenvalue weighted by Crippen LogP contribution is -2.56. The molecule has 3 rings (SSSR count). The monoisotopic (exact) mass is 434 g/mol. The maximum Gasteiger partial charge on any atom is 0.510 e.